The van der Waals surface area contributed by atoms with Crippen molar-refractivity contribution in [2.24, 2.45) is 57.7 Å². The number of thiophene rings is 2. The lowest BCUT2D eigenvalue weighted by atomic mass is 9.90. The molecule has 0 spiro atoms. The van der Waals surface area contributed by atoms with Crippen molar-refractivity contribution in [3.63, 3.8) is 0 Å². The lowest BCUT2D eigenvalue weighted by Crippen LogP contribution is -2.28. The molecule has 0 aromatic carbocycles. The number of aromatic nitrogens is 4. The normalized spacial score (nSPS) is 19.3. The summed E-state index contributed by atoms with van der Waals surface area (Å²) in [5, 5.41) is 13.5. The van der Waals surface area contributed by atoms with Gasteiger partial charge in [-0.25, -0.2) is 19.3 Å². The summed E-state index contributed by atoms with van der Waals surface area (Å²) < 4.78 is 73.4. The third-order valence-electron chi connectivity index (χ3n) is 13.2. The Hall–Kier alpha value is -5.60. The second-order valence-electron chi connectivity index (χ2n) is 19.2. The van der Waals surface area contributed by atoms with E-state index in [-0.39, 0.29) is 64.8 Å². The van der Waals surface area contributed by atoms with Gasteiger partial charge < -0.3 is 20.1 Å². The molecule has 4 fully saturated rings. The van der Waals surface area contributed by atoms with Gasteiger partial charge in [-0.2, -0.15) is 9.98 Å². The van der Waals surface area contributed by atoms with Gasteiger partial charge in [-0.1, -0.05) is 0 Å². The molecule has 6 aliphatic rings. The molecule has 0 bridgehead atoms. The van der Waals surface area contributed by atoms with Crippen molar-refractivity contribution in [3.8, 4) is 11.8 Å². The van der Waals surface area contributed by atoms with E-state index in [1.807, 2.05) is 0 Å². The van der Waals surface area contributed by atoms with Gasteiger partial charge in [0.15, 0.2) is 11.6 Å². The van der Waals surface area contributed by atoms with Crippen LogP contribution in [0.1, 0.15) is 116 Å². The molecule has 4 aromatic rings. The maximum Gasteiger partial charge on any atom is 0.574 e. The van der Waals surface area contributed by atoms with Gasteiger partial charge in [0, 0.05) is 95.1 Å². The van der Waals surface area contributed by atoms with Crippen LogP contribution in [0.5, 0.6) is 11.8 Å². The fraction of sp³-hybridized carbons (Fsp3) is 0.583. The second kappa shape index (κ2) is 21.5. The van der Waals surface area contributed by atoms with Gasteiger partial charge in [0.25, 0.3) is 11.8 Å². The predicted octanol–water partition coefficient (Wildman–Crippen LogP) is 9.08. The highest BCUT2D eigenvalue weighted by Gasteiger charge is 2.37. The average molecular weight is 1060 g/mol. The van der Waals surface area contributed by atoms with Gasteiger partial charge in [-0.15, -0.1) is 54.8 Å². The number of carbonyl (C=O) groups is 4. The van der Waals surface area contributed by atoms with E-state index in [1.54, 1.807) is 22.7 Å². The van der Waals surface area contributed by atoms with E-state index < -0.39 is 17.8 Å². The monoisotopic (exact) mass is 1060 g/mol. The number of halogens is 6. The Bertz CT molecular complexity index is 2670. The maximum absolute atomic E-state index is 13.2. The van der Waals surface area contributed by atoms with Gasteiger partial charge in [-0.05, 0) is 113 Å². The number of fused-ring (bicyclic) bond motifs is 2. The van der Waals surface area contributed by atoms with E-state index >= 15 is 0 Å². The first-order valence-corrected chi connectivity index (χ1v) is 26.1. The molecular formula is C48H52ClF5N10O6S2. The molecule has 16 nitrogen and oxygen atoms in total. The van der Waals surface area contributed by atoms with Crippen molar-refractivity contribution in [3.05, 3.63) is 53.9 Å². The van der Waals surface area contributed by atoms with Crippen molar-refractivity contribution in [2.75, 3.05) is 13.1 Å². The van der Waals surface area contributed by atoms with Crippen LogP contribution in [0.15, 0.2) is 32.1 Å². The minimum atomic E-state index is -4.84. The molecule has 0 aliphatic heterocycles. The SMILES string of the molecule is Cn1nc(OC(F)(F)Cl)cc1N=C=N[C@H]1CCc2sc(CC(=O)C3CC3)c(C(=O)NCC3CC3)c2C1.Cn1nc(OC(F)(F)F)cc1N=C=N[C@H]1CCc2sc(CC(=O)C3CC3)c(C(=O)NCC3CC3)c2C1. The molecule has 72 heavy (non-hydrogen) atoms. The highest BCUT2D eigenvalue weighted by Crippen LogP contribution is 2.41. The number of hydrogen-bond donors (Lipinski definition) is 2. The van der Waals surface area contributed by atoms with Crippen LogP contribution in [0.4, 0.5) is 33.6 Å². The van der Waals surface area contributed by atoms with Crippen molar-refractivity contribution in [1.82, 2.24) is 30.2 Å². The number of ether oxygens (including phenoxy) is 2. The van der Waals surface area contributed by atoms with Gasteiger partial charge in [0.2, 0.25) is 11.8 Å². The number of carbonyl (C=O) groups excluding carboxylic acids is 4. The fourth-order valence-corrected chi connectivity index (χ4v) is 11.5. The van der Waals surface area contributed by atoms with Crippen LogP contribution < -0.4 is 20.1 Å². The van der Waals surface area contributed by atoms with E-state index in [0.717, 1.165) is 118 Å². The summed E-state index contributed by atoms with van der Waals surface area (Å²) in [6.07, 6.45) is 8.12. The average Bonchev–Trinajstić information content (AvgIpc) is 4.11. The standard InChI is InChI=1S/C24H26ClF2N5O3S.C24H26F3N5O3S/c2*1-32-20(10-21(31-32)35-24(25,26)27)30-12-29-15-6-7-18-16(8-15)22(23(34)28-11-13-2-3-13)19(36-18)9-17(33)14-4-5-14/h2*10,13-15H,2-9,11H2,1H3,(H,28,34)/t2*15-/m00/s1. The molecule has 0 unspecified atom stereocenters. The Morgan fingerprint density at radius 2 is 1.10 bits per heavy atom. The molecule has 0 radical (unpaired) electrons. The molecule has 10 rings (SSSR count). The van der Waals surface area contributed by atoms with Gasteiger partial charge in [0.1, 0.15) is 11.6 Å². The van der Waals surface area contributed by atoms with Crippen molar-refractivity contribution in [1.29, 1.82) is 0 Å². The smallest absolute Gasteiger partial charge is 0.400 e. The van der Waals surface area contributed by atoms with Crippen LogP contribution in [0.3, 0.4) is 0 Å². The number of Topliss-reactive ketones (excluding diaryl/α,β-unsaturated/α-hetero) is 2. The summed E-state index contributed by atoms with van der Waals surface area (Å²) >= 11 is 7.92. The van der Waals surface area contributed by atoms with Crippen LogP contribution in [-0.4, -0.2) is 92.1 Å². The molecule has 0 saturated heterocycles. The summed E-state index contributed by atoms with van der Waals surface area (Å²) in [5.74, 6) is 0.948. The second-order valence-corrected chi connectivity index (χ2v) is 22.1. The Balaban J connectivity index is 0.000000178. The number of rotatable bonds is 19. The number of alkyl halides is 6. The molecule has 2 amide bonds. The summed E-state index contributed by atoms with van der Waals surface area (Å²) in [6.45, 7) is 1.32. The Kier molecular flexibility index (Phi) is 15.3. The van der Waals surface area contributed by atoms with Gasteiger partial charge in [-0.3, -0.25) is 19.2 Å². The van der Waals surface area contributed by atoms with E-state index in [1.165, 1.54) is 24.8 Å². The minimum absolute atomic E-state index is 0.102. The van der Waals surface area contributed by atoms with Gasteiger partial charge >= 0.3 is 11.9 Å². The van der Waals surface area contributed by atoms with E-state index in [4.69, 9.17) is 11.6 Å². The van der Waals surface area contributed by atoms with Crippen LogP contribution in [-0.2, 0) is 62.2 Å². The summed E-state index contributed by atoms with van der Waals surface area (Å²) in [7, 11) is 2.97. The molecule has 2 atom stereocenters. The first kappa shape index (κ1) is 51.3. The lowest BCUT2D eigenvalue weighted by Gasteiger charge is -2.19. The third-order valence-corrected chi connectivity index (χ3v) is 15.9. The molecule has 4 saturated carbocycles. The minimum Gasteiger partial charge on any atom is -0.400 e. The lowest BCUT2D eigenvalue weighted by molar-refractivity contribution is -0.276. The number of amides is 2. The van der Waals surface area contributed by atoms with Crippen LogP contribution >= 0.6 is 34.3 Å². The molecule has 2 N–H and O–H groups in total. The van der Waals surface area contributed by atoms with E-state index in [0.29, 0.717) is 61.7 Å². The zero-order valence-electron chi connectivity index (χ0n) is 39.5. The molecule has 4 heterocycles. The van der Waals surface area contributed by atoms with Crippen molar-refractivity contribution < 1.29 is 50.6 Å². The van der Waals surface area contributed by atoms with E-state index in [2.05, 4.69) is 62.3 Å². The number of ketones is 2. The number of hydrogen-bond acceptors (Lipinski definition) is 14. The number of aliphatic imine (C=N–C) groups is 4. The first-order chi connectivity index (χ1) is 34.3. The van der Waals surface area contributed by atoms with Crippen LogP contribution in [0, 0.1) is 23.7 Å². The van der Waals surface area contributed by atoms with Gasteiger partial charge in [0.05, 0.1) is 35.2 Å². The van der Waals surface area contributed by atoms with Crippen LogP contribution in [0.25, 0.3) is 0 Å². The van der Waals surface area contributed by atoms with Crippen molar-refractivity contribution >= 4 is 81.3 Å². The quantitative estimate of drug-likeness (QED) is 0.0527. The highest BCUT2D eigenvalue weighted by atomic mass is 35.5. The molecule has 4 aromatic heterocycles. The topological polar surface area (TPSA) is 196 Å². The Labute approximate surface area is 423 Å². The number of nitrogens with one attached hydrogen (secondary N) is 2. The first-order valence-electron chi connectivity index (χ1n) is 24.1. The molecular weight excluding hydrogens is 1010 g/mol. The Morgan fingerprint density at radius 3 is 1.47 bits per heavy atom. The zero-order chi connectivity index (χ0) is 50.9. The predicted molar refractivity (Wildman–Crippen MR) is 257 cm³/mol. The van der Waals surface area contributed by atoms with Crippen molar-refractivity contribution in [2.45, 2.75) is 127 Å². The third kappa shape index (κ3) is 13.9. The van der Waals surface area contributed by atoms with E-state index in [9.17, 15) is 41.1 Å². The summed E-state index contributed by atoms with van der Waals surface area (Å²) in [5.41, 5.74) is -0.683. The van der Waals surface area contributed by atoms with Crippen LogP contribution in [0.2, 0.25) is 0 Å². The largest absolute Gasteiger partial charge is 0.574 e. The molecule has 24 heteroatoms. The number of aryl methyl sites for hydroxylation is 4. The highest BCUT2D eigenvalue weighted by molar-refractivity contribution is 7.13. The molecule has 384 valence electrons. The molecule has 6 aliphatic carbocycles. The summed E-state index contributed by atoms with van der Waals surface area (Å²) in [4.78, 5) is 72.3. The number of nitrogens with zero attached hydrogens (tertiary/aromatic N) is 8. The summed E-state index contributed by atoms with van der Waals surface area (Å²) in [6, 6.07) is 7.16. The Morgan fingerprint density at radius 1 is 0.681 bits per heavy atom. The maximum atomic E-state index is 13.2. The zero-order valence-corrected chi connectivity index (χ0v) is 41.8. The fourth-order valence-electron chi connectivity index (χ4n) is 8.69.